The van der Waals surface area contributed by atoms with Gasteiger partial charge in [-0.2, -0.15) is 13.2 Å². The van der Waals surface area contributed by atoms with E-state index in [1.165, 1.54) is 12.1 Å². The van der Waals surface area contributed by atoms with Gasteiger partial charge in [-0.05, 0) is 49.6 Å². The standard InChI is InChI=1S/C30H27ClF3N3O5/c1-17-26(36-29(40)41-18(2)23-5-3-4-6-24(23)31)27(42-37-17)21-11-7-20(8-12-21)16-35-25(28(38)39)15-19-9-13-22(14-10-19)30(32,33)34/h3-14,18,25,35H,15-16H2,1-2H3,(H,36,40)(H,38,39). The molecular weight excluding hydrogens is 575 g/mol. The third kappa shape index (κ3) is 7.68. The number of amides is 1. The molecule has 220 valence electrons. The van der Waals surface area contributed by atoms with Gasteiger partial charge in [0.1, 0.15) is 23.5 Å². The van der Waals surface area contributed by atoms with E-state index in [-0.39, 0.29) is 13.0 Å². The van der Waals surface area contributed by atoms with Crippen molar-refractivity contribution in [1.82, 2.24) is 10.5 Å². The van der Waals surface area contributed by atoms with Crippen molar-refractivity contribution in [3.05, 3.63) is 106 Å². The van der Waals surface area contributed by atoms with Crippen molar-refractivity contribution < 1.29 is 37.1 Å². The first-order valence-electron chi connectivity index (χ1n) is 12.8. The largest absolute Gasteiger partial charge is 0.480 e. The predicted molar refractivity (Wildman–Crippen MR) is 150 cm³/mol. The Labute approximate surface area is 244 Å². The zero-order valence-electron chi connectivity index (χ0n) is 22.5. The fourth-order valence-corrected chi connectivity index (χ4v) is 4.49. The SMILES string of the molecule is Cc1noc(-c2ccc(CNC(Cc3ccc(C(F)(F)F)cc3)C(=O)O)cc2)c1NC(=O)OC(C)c1ccccc1Cl. The summed E-state index contributed by atoms with van der Waals surface area (Å²) in [6, 6.07) is 17.4. The lowest BCUT2D eigenvalue weighted by Crippen LogP contribution is -2.38. The van der Waals surface area contributed by atoms with Crippen LogP contribution in [-0.2, 0) is 28.7 Å². The van der Waals surface area contributed by atoms with Crippen LogP contribution in [0.1, 0.15) is 41.0 Å². The third-order valence-corrected chi connectivity index (χ3v) is 6.85. The van der Waals surface area contributed by atoms with Crippen LogP contribution in [-0.4, -0.2) is 28.4 Å². The lowest BCUT2D eigenvalue weighted by Gasteiger charge is -2.16. The zero-order chi connectivity index (χ0) is 30.4. The van der Waals surface area contributed by atoms with Crippen LogP contribution in [0.5, 0.6) is 0 Å². The van der Waals surface area contributed by atoms with Crippen LogP contribution in [0.25, 0.3) is 11.3 Å². The molecule has 0 bridgehead atoms. The second kappa shape index (κ2) is 13.1. The summed E-state index contributed by atoms with van der Waals surface area (Å²) in [4.78, 5) is 24.4. The van der Waals surface area contributed by atoms with Crippen molar-refractivity contribution in [2.45, 2.75) is 45.1 Å². The maximum absolute atomic E-state index is 12.8. The summed E-state index contributed by atoms with van der Waals surface area (Å²) >= 11 is 6.19. The fourth-order valence-electron chi connectivity index (χ4n) is 4.20. The first-order chi connectivity index (χ1) is 19.9. The number of aryl methyl sites for hydroxylation is 1. The highest BCUT2D eigenvalue weighted by Crippen LogP contribution is 2.32. The first-order valence-corrected chi connectivity index (χ1v) is 13.2. The fraction of sp³-hybridized carbons (Fsp3) is 0.233. The first kappa shape index (κ1) is 30.6. The van der Waals surface area contributed by atoms with Gasteiger partial charge in [0, 0.05) is 22.7 Å². The number of nitrogens with zero attached hydrogens (tertiary/aromatic N) is 1. The van der Waals surface area contributed by atoms with Gasteiger partial charge in [-0.1, -0.05) is 71.4 Å². The average molecular weight is 602 g/mol. The Morgan fingerprint density at radius 2 is 1.67 bits per heavy atom. The van der Waals surface area contributed by atoms with Gasteiger partial charge in [0.25, 0.3) is 0 Å². The Balaban J connectivity index is 1.38. The molecule has 0 saturated carbocycles. The van der Waals surface area contributed by atoms with E-state index in [1.807, 2.05) is 0 Å². The van der Waals surface area contributed by atoms with Crippen LogP contribution in [0.2, 0.25) is 5.02 Å². The van der Waals surface area contributed by atoms with Crippen molar-refractivity contribution >= 4 is 29.4 Å². The second-order valence-electron chi connectivity index (χ2n) is 9.53. The molecule has 2 atom stereocenters. The van der Waals surface area contributed by atoms with Gasteiger partial charge in [-0.25, -0.2) is 4.79 Å². The molecule has 2 unspecified atom stereocenters. The summed E-state index contributed by atoms with van der Waals surface area (Å²) in [6.45, 7) is 3.55. The molecule has 1 heterocycles. The summed E-state index contributed by atoms with van der Waals surface area (Å²) in [6.07, 6.45) is -5.79. The molecule has 4 aromatic rings. The molecule has 0 aliphatic carbocycles. The van der Waals surface area contributed by atoms with E-state index in [0.717, 1.165) is 17.7 Å². The summed E-state index contributed by atoms with van der Waals surface area (Å²) < 4.78 is 49.4. The number of carboxylic acids is 1. The van der Waals surface area contributed by atoms with Crippen LogP contribution in [0, 0.1) is 6.92 Å². The molecule has 1 amide bonds. The van der Waals surface area contributed by atoms with E-state index in [9.17, 15) is 27.9 Å². The molecular formula is C30H27ClF3N3O5. The topological polar surface area (TPSA) is 114 Å². The summed E-state index contributed by atoms with van der Waals surface area (Å²) in [5, 5.41) is 19.6. The van der Waals surface area contributed by atoms with Gasteiger partial charge in [-0.3, -0.25) is 10.1 Å². The molecule has 0 spiro atoms. The highest BCUT2D eigenvalue weighted by atomic mass is 35.5. The minimum atomic E-state index is -4.46. The Hall–Kier alpha value is -4.35. The van der Waals surface area contributed by atoms with E-state index in [1.54, 1.807) is 62.4 Å². The van der Waals surface area contributed by atoms with Gasteiger partial charge < -0.3 is 19.7 Å². The lowest BCUT2D eigenvalue weighted by atomic mass is 10.0. The molecule has 0 fully saturated rings. The summed E-state index contributed by atoms with van der Waals surface area (Å²) in [7, 11) is 0. The number of carbonyl (C=O) groups is 2. The molecule has 12 heteroatoms. The van der Waals surface area contributed by atoms with Crippen molar-refractivity contribution in [2.75, 3.05) is 5.32 Å². The van der Waals surface area contributed by atoms with E-state index < -0.39 is 35.9 Å². The number of ether oxygens (including phenoxy) is 1. The number of hydrogen-bond donors (Lipinski definition) is 3. The maximum Gasteiger partial charge on any atom is 0.416 e. The van der Waals surface area contributed by atoms with Gasteiger partial charge in [0.05, 0.1) is 5.56 Å². The number of alkyl halides is 3. The Morgan fingerprint density at radius 3 is 2.29 bits per heavy atom. The summed E-state index contributed by atoms with van der Waals surface area (Å²) in [5.74, 6) is -0.824. The number of nitrogens with one attached hydrogen (secondary N) is 2. The van der Waals surface area contributed by atoms with Crippen molar-refractivity contribution in [1.29, 1.82) is 0 Å². The predicted octanol–water partition coefficient (Wildman–Crippen LogP) is 7.42. The van der Waals surface area contributed by atoms with Gasteiger partial charge in [0.15, 0.2) is 5.76 Å². The Morgan fingerprint density at radius 1 is 1.02 bits per heavy atom. The number of aromatic nitrogens is 1. The maximum atomic E-state index is 12.8. The molecule has 3 aromatic carbocycles. The van der Waals surface area contributed by atoms with Crippen LogP contribution in [0.15, 0.2) is 77.3 Å². The Kier molecular flexibility index (Phi) is 9.54. The molecule has 42 heavy (non-hydrogen) atoms. The number of carbonyl (C=O) groups excluding carboxylic acids is 1. The number of halogens is 4. The molecule has 3 N–H and O–H groups in total. The normalized spacial score (nSPS) is 12.9. The van der Waals surface area contributed by atoms with Crippen LogP contribution in [0.3, 0.4) is 0 Å². The number of aliphatic carboxylic acids is 1. The van der Waals surface area contributed by atoms with Crippen molar-refractivity contribution in [3.8, 4) is 11.3 Å². The molecule has 1 aromatic heterocycles. The smallest absolute Gasteiger partial charge is 0.416 e. The van der Waals surface area contributed by atoms with Crippen LogP contribution < -0.4 is 10.6 Å². The third-order valence-electron chi connectivity index (χ3n) is 6.50. The highest BCUT2D eigenvalue weighted by molar-refractivity contribution is 6.31. The number of rotatable bonds is 10. The molecule has 0 aliphatic heterocycles. The number of benzene rings is 3. The molecule has 0 aliphatic rings. The summed E-state index contributed by atoms with van der Waals surface area (Å²) in [5.41, 5.74) is 2.44. The van der Waals surface area contributed by atoms with Crippen molar-refractivity contribution in [2.24, 2.45) is 0 Å². The molecule has 0 saturated heterocycles. The highest BCUT2D eigenvalue weighted by Gasteiger charge is 2.30. The van der Waals surface area contributed by atoms with E-state index in [4.69, 9.17) is 20.9 Å². The van der Waals surface area contributed by atoms with Gasteiger partial charge >= 0.3 is 18.2 Å². The van der Waals surface area contributed by atoms with E-state index >= 15 is 0 Å². The Bertz CT molecular complexity index is 1540. The van der Waals surface area contributed by atoms with Crippen LogP contribution in [0.4, 0.5) is 23.7 Å². The van der Waals surface area contributed by atoms with Gasteiger partial charge in [-0.15, -0.1) is 0 Å². The molecule has 0 radical (unpaired) electrons. The minimum absolute atomic E-state index is 0.00309. The van der Waals surface area contributed by atoms with Gasteiger partial charge in [0.2, 0.25) is 0 Å². The monoisotopic (exact) mass is 601 g/mol. The lowest BCUT2D eigenvalue weighted by molar-refractivity contribution is -0.140. The quantitative estimate of drug-likeness (QED) is 0.173. The minimum Gasteiger partial charge on any atom is -0.480 e. The number of hydrogen-bond acceptors (Lipinski definition) is 6. The average Bonchev–Trinajstić information content (AvgIpc) is 3.30. The van der Waals surface area contributed by atoms with E-state index in [0.29, 0.717) is 38.9 Å². The zero-order valence-corrected chi connectivity index (χ0v) is 23.3. The molecule has 8 nitrogen and oxygen atoms in total. The van der Waals surface area contributed by atoms with Crippen molar-refractivity contribution in [3.63, 3.8) is 0 Å². The van der Waals surface area contributed by atoms with Crippen LogP contribution >= 0.6 is 11.6 Å². The second-order valence-corrected chi connectivity index (χ2v) is 9.94. The number of carboxylic acid groups (broad SMARTS) is 1. The number of anilines is 1. The van der Waals surface area contributed by atoms with E-state index in [2.05, 4.69) is 15.8 Å². The molecule has 4 rings (SSSR count).